The van der Waals surface area contributed by atoms with E-state index in [1.165, 1.54) is 37.4 Å². The smallest absolute Gasteiger partial charge is 0.0812 e. The number of benzene rings is 4. The molecular formula is C21H13NS. The summed E-state index contributed by atoms with van der Waals surface area (Å²) in [6.45, 7) is 0. The van der Waals surface area contributed by atoms with E-state index in [1.54, 1.807) is 11.3 Å². The molecule has 0 bridgehead atoms. The van der Waals surface area contributed by atoms with Crippen LogP contribution in [0.5, 0.6) is 0 Å². The van der Waals surface area contributed by atoms with Crippen LogP contribution in [-0.4, -0.2) is 4.98 Å². The number of aromatic nitrogens is 1. The molecule has 1 heterocycles. The molecule has 0 aliphatic heterocycles. The van der Waals surface area contributed by atoms with Crippen LogP contribution >= 0.6 is 11.3 Å². The SMILES string of the molecule is c1ccc2c(c1)ccc1cc(-c3ccc4ncsc4c3)ccc12. The van der Waals surface area contributed by atoms with Crippen LogP contribution < -0.4 is 0 Å². The number of thiazole rings is 1. The predicted octanol–water partition coefficient (Wildman–Crippen LogP) is 6.27. The minimum atomic E-state index is 1.07. The standard InChI is InChI=1S/C21H13NS/c1-2-4-18-14(3-1)5-6-17-11-15(7-9-19(17)18)16-8-10-20-21(12-16)23-13-22-20/h1-13H. The zero-order valence-electron chi connectivity index (χ0n) is 12.4. The number of hydrogen-bond donors (Lipinski definition) is 0. The molecular weight excluding hydrogens is 298 g/mol. The molecule has 1 aromatic heterocycles. The molecule has 0 unspecified atom stereocenters. The predicted molar refractivity (Wildman–Crippen MR) is 100 cm³/mol. The van der Waals surface area contributed by atoms with E-state index in [0.29, 0.717) is 0 Å². The molecule has 0 aliphatic carbocycles. The van der Waals surface area contributed by atoms with Crippen molar-refractivity contribution in [1.82, 2.24) is 4.98 Å². The molecule has 108 valence electrons. The van der Waals surface area contributed by atoms with E-state index in [4.69, 9.17) is 0 Å². The van der Waals surface area contributed by atoms with Crippen molar-refractivity contribution >= 4 is 43.1 Å². The summed E-state index contributed by atoms with van der Waals surface area (Å²) in [7, 11) is 0. The maximum Gasteiger partial charge on any atom is 0.0812 e. The average Bonchev–Trinajstić information content (AvgIpc) is 3.09. The fourth-order valence-electron chi connectivity index (χ4n) is 3.23. The molecule has 0 fully saturated rings. The first kappa shape index (κ1) is 12.8. The highest BCUT2D eigenvalue weighted by atomic mass is 32.1. The Morgan fingerprint density at radius 2 is 1.43 bits per heavy atom. The summed E-state index contributed by atoms with van der Waals surface area (Å²) in [5.74, 6) is 0. The van der Waals surface area contributed by atoms with E-state index >= 15 is 0 Å². The molecule has 0 atom stereocenters. The lowest BCUT2D eigenvalue weighted by atomic mass is 9.97. The first-order chi connectivity index (χ1) is 11.4. The van der Waals surface area contributed by atoms with Gasteiger partial charge < -0.3 is 0 Å². The first-order valence-electron chi connectivity index (χ1n) is 7.64. The van der Waals surface area contributed by atoms with Crippen molar-refractivity contribution in [2.75, 3.05) is 0 Å². The molecule has 0 saturated carbocycles. The van der Waals surface area contributed by atoms with E-state index in [9.17, 15) is 0 Å². The van der Waals surface area contributed by atoms with E-state index in [-0.39, 0.29) is 0 Å². The minimum absolute atomic E-state index is 1.07. The van der Waals surface area contributed by atoms with Gasteiger partial charge in [0.15, 0.2) is 0 Å². The average molecular weight is 311 g/mol. The lowest BCUT2D eigenvalue weighted by Crippen LogP contribution is -1.81. The third-order valence-electron chi connectivity index (χ3n) is 4.41. The number of nitrogens with zero attached hydrogens (tertiary/aromatic N) is 1. The van der Waals surface area contributed by atoms with Gasteiger partial charge in [-0.1, -0.05) is 54.6 Å². The molecule has 0 amide bonds. The van der Waals surface area contributed by atoms with Crippen molar-refractivity contribution in [2.45, 2.75) is 0 Å². The summed E-state index contributed by atoms with van der Waals surface area (Å²) in [6, 6.07) is 26.2. The monoisotopic (exact) mass is 311 g/mol. The quantitative estimate of drug-likeness (QED) is 0.332. The maximum atomic E-state index is 4.36. The molecule has 5 rings (SSSR count). The highest BCUT2D eigenvalue weighted by molar-refractivity contribution is 7.16. The summed E-state index contributed by atoms with van der Waals surface area (Å²) < 4.78 is 1.24. The molecule has 1 nitrogen and oxygen atoms in total. The number of fused-ring (bicyclic) bond motifs is 4. The zero-order chi connectivity index (χ0) is 15.2. The molecule has 4 aromatic carbocycles. The van der Waals surface area contributed by atoms with Crippen molar-refractivity contribution in [3.05, 3.63) is 78.3 Å². The Labute approximate surface area is 137 Å². The first-order valence-corrected chi connectivity index (χ1v) is 8.52. The molecule has 5 aromatic rings. The van der Waals surface area contributed by atoms with Gasteiger partial charge in [-0.15, -0.1) is 11.3 Å². The summed E-state index contributed by atoms with van der Waals surface area (Å²) in [6.07, 6.45) is 0. The van der Waals surface area contributed by atoms with Crippen LogP contribution in [0.15, 0.2) is 78.3 Å². The second-order valence-electron chi connectivity index (χ2n) is 5.76. The van der Waals surface area contributed by atoms with Crippen LogP contribution in [0.25, 0.3) is 42.9 Å². The van der Waals surface area contributed by atoms with Gasteiger partial charge >= 0.3 is 0 Å². The lowest BCUT2D eigenvalue weighted by Gasteiger charge is -2.07. The topological polar surface area (TPSA) is 12.9 Å². The van der Waals surface area contributed by atoms with Crippen LogP contribution in [0.3, 0.4) is 0 Å². The van der Waals surface area contributed by atoms with Crippen molar-refractivity contribution < 1.29 is 0 Å². The fraction of sp³-hybridized carbons (Fsp3) is 0. The minimum Gasteiger partial charge on any atom is -0.245 e. The summed E-state index contributed by atoms with van der Waals surface area (Å²) in [5, 5.41) is 5.20. The Hall–Kier alpha value is -2.71. The fourth-order valence-corrected chi connectivity index (χ4v) is 3.94. The van der Waals surface area contributed by atoms with Crippen LogP contribution in [0, 0.1) is 0 Å². The van der Waals surface area contributed by atoms with E-state index in [2.05, 4.69) is 77.8 Å². The molecule has 23 heavy (non-hydrogen) atoms. The van der Waals surface area contributed by atoms with Gasteiger partial charge in [-0.25, -0.2) is 4.98 Å². The Morgan fingerprint density at radius 1 is 0.652 bits per heavy atom. The Morgan fingerprint density at radius 3 is 2.43 bits per heavy atom. The third-order valence-corrected chi connectivity index (χ3v) is 5.20. The van der Waals surface area contributed by atoms with E-state index < -0.39 is 0 Å². The second kappa shape index (κ2) is 4.90. The molecule has 0 saturated heterocycles. The third kappa shape index (κ3) is 2.03. The zero-order valence-corrected chi connectivity index (χ0v) is 13.2. The molecule has 0 N–H and O–H groups in total. The van der Waals surface area contributed by atoms with Crippen LogP contribution in [0.4, 0.5) is 0 Å². The number of rotatable bonds is 1. The van der Waals surface area contributed by atoms with Crippen molar-refractivity contribution in [3.8, 4) is 11.1 Å². The van der Waals surface area contributed by atoms with Gasteiger partial charge in [0.1, 0.15) is 0 Å². The highest BCUT2D eigenvalue weighted by Gasteiger charge is 2.05. The number of hydrogen-bond acceptors (Lipinski definition) is 2. The van der Waals surface area contributed by atoms with Gasteiger partial charge in [0, 0.05) is 0 Å². The van der Waals surface area contributed by atoms with Crippen molar-refractivity contribution in [2.24, 2.45) is 0 Å². The van der Waals surface area contributed by atoms with Crippen molar-refractivity contribution in [1.29, 1.82) is 0 Å². The van der Waals surface area contributed by atoms with Crippen molar-refractivity contribution in [3.63, 3.8) is 0 Å². The van der Waals surface area contributed by atoms with Gasteiger partial charge in [0.05, 0.1) is 15.7 Å². The summed E-state index contributed by atoms with van der Waals surface area (Å²) in [5.41, 5.74) is 5.48. The Balaban J connectivity index is 1.74. The summed E-state index contributed by atoms with van der Waals surface area (Å²) >= 11 is 1.69. The molecule has 0 aliphatic rings. The maximum absolute atomic E-state index is 4.36. The molecule has 2 heteroatoms. The Bertz CT molecular complexity index is 1170. The Kier molecular flexibility index (Phi) is 2.73. The van der Waals surface area contributed by atoms with Gasteiger partial charge in [-0.3, -0.25) is 0 Å². The second-order valence-corrected chi connectivity index (χ2v) is 6.64. The van der Waals surface area contributed by atoms with Gasteiger partial charge in [0.25, 0.3) is 0 Å². The van der Waals surface area contributed by atoms with E-state index in [0.717, 1.165) is 5.52 Å². The van der Waals surface area contributed by atoms with Gasteiger partial charge in [-0.2, -0.15) is 0 Å². The highest BCUT2D eigenvalue weighted by Crippen LogP contribution is 2.31. The van der Waals surface area contributed by atoms with E-state index in [1.807, 2.05) is 5.51 Å². The molecule has 0 radical (unpaired) electrons. The van der Waals surface area contributed by atoms with Crippen LogP contribution in [-0.2, 0) is 0 Å². The van der Waals surface area contributed by atoms with Crippen LogP contribution in [0.1, 0.15) is 0 Å². The molecule has 0 spiro atoms. The van der Waals surface area contributed by atoms with Crippen LogP contribution in [0.2, 0.25) is 0 Å². The van der Waals surface area contributed by atoms with Gasteiger partial charge in [-0.05, 0) is 50.9 Å². The largest absolute Gasteiger partial charge is 0.245 e. The van der Waals surface area contributed by atoms with Gasteiger partial charge in [0.2, 0.25) is 0 Å². The summed E-state index contributed by atoms with van der Waals surface area (Å²) in [4.78, 5) is 4.36. The normalized spacial score (nSPS) is 11.5. The lowest BCUT2D eigenvalue weighted by molar-refractivity contribution is 1.50.